The molecule has 2 aromatic carbocycles. The molecule has 0 aliphatic rings. The van der Waals surface area contributed by atoms with Crippen molar-refractivity contribution in [3.05, 3.63) is 65.5 Å². The molecule has 130 valence electrons. The molecule has 0 amide bonds. The molecule has 0 atom stereocenters. The van der Waals surface area contributed by atoms with E-state index in [1.54, 1.807) is 0 Å². The van der Waals surface area contributed by atoms with Gasteiger partial charge in [0.2, 0.25) is 0 Å². The molecule has 0 N–H and O–H groups in total. The molecule has 25 heavy (non-hydrogen) atoms. The third-order valence-electron chi connectivity index (χ3n) is 4.78. The molecule has 0 spiro atoms. The lowest BCUT2D eigenvalue weighted by Crippen LogP contribution is -2.23. The fourth-order valence-corrected chi connectivity index (χ4v) is 3.47. The van der Waals surface area contributed by atoms with E-state index in [1.165, 1.54) is 11.1 Å². The standard InChI is InChI=1S/C22H27N3/c1-6-14-22(4,5)21-24-23-20(18-12-9-10-16(2)15-18)25(21)19-13-8-7-11-17(19)3/h7-13,15H,6,14H2,1-5H3. The number of benzene rings is 2. The molecule has 0 aliphatic heterocycles. The first-order valence-electron chi connectivity index (χ1n) is 9.03. The predicted molar refractivity (Wildman–Crippen MR) is 104 cm³/mol. The van der Waals surface area contributed by atoms with Crippen LogP contribution in [-0.2, 0) is 5.41 Å². The number of aryl methyl sites for hydroxylation is 2. The maximum absolute atomic E-state index is 4.64. The lowest BCUT2D eigenvalue weighted by molar-refractivity contribution is 0.437. The lowest BCUT2D eigenvalue weighted by atomic mass is 9.87. The van der Waals surface area contributed by atoms with Crippen molar-refractivity contribution in [3.63, 3.8) is 0 Å². The number of para-hydroxylation sites is 1. The molecule has 0 unspecified atom stereocenters. The van der Waals surface area contributed by atoms with Gasteiger partial charge in [0, 0.05) is 11.0 Å². The molecular weight excluding hydrogens is 306 g/mol. The van der Waals surface area contributed by atoms with E-state index < -0.39 is 0 Å². The second-order valence-electron chi connectivity index (χ2n) is 7.47. The van der Waals surface area contributed by atoms with Gasteiger partial charge in [-0.1, -0.05) is 69.2 Å². The van der Waals surface area contributed by atoms with Crippen molar-refractivity contribution in [3.8, 4) is 17.1 Å². The average molecular weight is 333 g/mol. The summed E-state index contributed by atoms with van der Waals surface area (Å²) in [5.41, 5.74) is 4.68. The van der Waals surface area contributed by atoms with Crippen LogP contribution in [0.25, 0.3) is 17.1 Å². The van der Waals surface area contributed by atoms with Crippen LogP contribution in [0.2, 0.25) is 0 Å². The smallest absolute Gasteiger partial charge is 0.168 e. The summed E-state index contributed by atoms with van der Waals surface area (Å²) in [5.74, 6) is 1.94. The lowest BCUT2D eigenvalue weighted by Gasteiger charge is -2.25. The maximum atomic E-state index is 4.64. The Bertz CT molecular complexity index is 874. The van der Waals surface area contributed by atoms with Crippen LogP contribution in [0.4, 0.5) is 0 Å². The minimum absolute atomic E-state index is 0.0356. The molecule has 3 nitrogen and oxygen atoms in total. The van der Waals surface area contributed by atoms with Crippen LogP contribution < -0.4 is 0 Å². The van der Waals surface area contributed by atoms with E-state index in [0.717, 1.165) is 35.7 Å². The van der Waals surface area contributed by atoms with Crippen molar-refractivity contribution in [2.75, 3.05) is 0 Å². The van der Waals surface area contributed by atoms with Crippen LogP contribution in [0.15, 0.2) is 48.5 Å². The van der Waals surface area contributed by atoms with E-state index in [1.807, 2.05) is 0 Å². The number of hydrogen-bond acceptors (Lipinski definition) is 2. The van der Waals surface area contributed by atoms with Crippen LogP contribution in [0.5, 0.6) is 0 Å². The summed E-state index contributed by atoms with van der Waals surface area (Å²) in [6.45, 7) is 11.0. The normalized spacial score (nSPS) is 11.7. The molecule has 0 fully saturated rings. The van der Waals surface area contributed by atoms with E-state index in [9.17, 15) is 0 Å². The first kappa shape index (κ1) is 17.4. The zero-order valence-electron chi connectivity index (χ0n) is 15.9. The van der Waals surface area contributed by atoms with E-state index in [-0.39, 0.29) is 5.41 Å². The van der Waals surface area contributed by atoms with Crippen LogP contribution in [-0.4, -0.2) is 14.8 Å². The molecule has 0 radical (unpaired) electrons. The Hall–Kier alpha value is -2.42. The van der Waals surface area contributed by atoms with Crippen LogP contribution in [0.3, 0.4) is 0 Å². The topological polar surface area (TPSA) is 30.7 Å². The largest absolute Gasteiger partial charge is 0.278 e. The fourth-order valence-electron chi connectivity index (χ4n) is 3.47. The Kier molecular flexibility index (Phi) is 4.76. The Morgan fingerprint density at radius 1 is 0.960 bits per heavy atom. The van der Waals surface area contributed by atoms with Crippen molar-refractivity contribution in [2.24, 2.45) is 0 Å². The number of aromatic nitrogens is 3. The highest BCUT2D eigenvalue weighted by atomic mass is 15.3. The summed E-state index contributed by atoms with van der Waals surface area (Å²) in [6.07, 6.45) is 2.19. The quantitative estimate of drug-likeness (QED) is 0.606. The SMILES string of the molecule is CCCC(C)(C)c1nnc(-c2cccc(C)c2)n1-c1ccccc1C. The second kappa shape index (κ2) is 6.83. The van der Waals surface area contributed by atoms with Gasteiger partial charge in [-0.3, -0.25) is 4.57 Å². The second-order valence-corrected chi connectivity index (χ2v) is 7.47. The summed E-state index contributed by atoms with van der Waals surface area (Å²) in [6, 6.07) is 16.9. The Balaban J connectivity index is 2.28. The first-order valence-corrected chi connectivity index (χ1v) is 9.03. The van der Waals surface area contributed by atoms with Gasteiger partial charge in [-0.25, -0.2) is 0 Å². The zero-order valence-corrected chi connectivity index (χ0v) is 15.9. The van der Waals surface area contributed by atoms with Crippen molar-refractivity contribution in [1.82, 2.24) is 14.8 Å². The molecule has 0 saturated carbocycles. The molecule has 3 aromatic rings. The summed E-state index contributed by atoms with van der Waals surface area (Å²) >= 11 is 0. The van der Waals surface area contributed by atoms with Crippen molar-refractivity contribution >= 4 is 0 Å². The van der Waals surface area contributed by atoms with Crippen LogP contribution >= 0.6 is 0 Å². The van der Waals surface area contributed by atoms with Gasteiger partial charge in [0.15, 0.2) is 5.82 Å². The number of nitrogens with zero attached hydrogens (tertiary/aromatic N) is 3. The summed E-state index contributed by atoms with van der Waals surface area (Å²) in [7, 11) is 0. The van der Waals surface area contributed by atoms with E-state index in [0.29, 0.717) is 0 Å². The van der Waals surface area contributed by atoms with Crippen molar-refractivity contribution < 1.29 is 0 Å². The minimum Gasteiger partial charge on any atom is -0.278 e. The molecule has 0 saturated heterocycles. The number of hydrogen-bond donors (Lipinski definition) is 0. The average Bonchev–Trinajstić information content (AvgIpc) is 3.01. The highest BCUT2D eigenvalue weighted by Crippen LogP contribution is 2.33. The molecular formula is C22H27N3. The molecule has 0 aliphatic carbocycles. The predicted octanol–water partition coefficient (Wildman–Crippen LogP) is 5.63. The highest BCUT2D eigenvalue weighted by molar-refractivity contribution is 5.61. The van der Waals surface area contributed by atoms with Crippen molar-refractivity contribution in [1.29, 1.82) is 0 Å². The van der Waals surface area contributed by atoms with Gasteiger partial charge >= 0.3 is 0 Å². The van der Waals surface area contributed by atoms with Crippen LogP contribution in [0.1, 0.15) is 50.6 Å². The Labute approximate surface area is 150 Å². The minimum atomic E-state index is -0.0356. The summed E-state index contributed by atoms with van der Waals surface area (Å²) in [5, 5.41) is 9.25. The fraction of sp³-hybridized carbons (Fsp3) is 0.364. The molecule has 0 bridgehead atoms. The van der Waals surface area contributed by atoms with Gasteiger partial charge in [-0.05, 0) is 38.0 Å². The first-order chi connectivity index (χ1) is 11.9. The Morgan fingerprint density at radius 2 is 1.72 bits per heavy atom. The molecule has 1 heterocycles. The van der Waals surface area contributed by atoms with Gasteiger partial charge in [0.05, 0.1) is 5.69 Å². The van der Waals surface area contributed by atoms with Gasteiger partial charge in [-0.15, -0.1) is 10.2 Å². The third kappa shape index (κ3) is 3.37. The van der Waals surface area contributed by atoms with E-state index >= 15 is 0 Å². The summed E-state index contributed by atoms with van der Waals surface area (Å²) < 4.78 is 2.25. The van der Waals surface area contributed by atoms with Crippen molar-refractivity contribution in [2.45, 2.75) is 52.9 Å². The maximum Gasteiger partial charge on any atom is 0.168 e. The highest BCUT2D eigenvalue weighted by Gasteiger charge is 2.29. The van der Waals surface area contributed by atoms with E-state index in [2.05, 4.69) is 97.9 Å². The molecule has 1 aromatic heterocycles. The van der Waals surface area contributed by atoms with E-state index in [4.69, 9.17) is 0 Å². The molecule has 3 rings (SSSR count). The third-order valence-corrected chi connectivity index (χ3v) is 4.78. The van der Waals surface area contributed by atoms with Crippen LogP contribution in [0, 0.1) is 13.8 Å². The monoisotopic (exact) mass is 333 g/mol. The van der Waals surface area contributed by atoms with Gasteiger partial charge in [0.1, 0.15) is 5.82 Å². The molecule has 3 heteroatoms. The van der Waals surface area contributed by atoms with Gasteiger partial charge in [0.25, 0.3) is 0 Å². The van der Waals surface area contributed by atoms with Gasteiger partial charge < -0.3 is 0 Å². The van der Waals surface area contributed by atoms with Gasteiger partial charge in [-0.2, -0.15) is 0 Å². The Morgan fingerprint density at radius 3 is 2.40 bits per heavy atom. The zero-order chi connectivity index (χ0) is 18.0. The summed E-state index contributed by atoms with van der Waals surface area (Å²) in [4.78, 5) is 0. The number of rotatable bonds is 5.